The zero-order valence-electron chi connectivity index (χ0n) is 12.7. The summed E-state index contributed by atoms with van der Waals surface area (Å²) in [6.45, 7) is 1.19. The molecule has 2 amide bonds. The molecule has 2 aromatic rings. The molecule has 0 atom stereocenters. The van der Waals surface area contributed by atoms with E-state index in [2.05, 4.69) is 15.6 Å². The van der Waals surface area contributed by atoms with Gasteiger partial charge in [-0.05, 0) is 29.8 Å². The molecule has 0 radical (unpaired) electrons. The highest BCUT2D eigenvalue weighted by Crippen LogP contribution is 2.20. The Labute approximate surface area is 139 Å². The Kier molecular flexibility index (Phi) is 6.65. The maximum atomic E-state index is 12.0. The average molecular weight is 336 g/mol. The normalized spacial score (nSPS) is 10.2. The minimum atomic E-state index is -0.343. The van der Waals surface area contributed by atoms with Crippen molar-refractivity contribution >= 4 is 23.3 Å². The van der Waals surface area contributed by atoms with Crippen LogP contribution in [0.5, 0.6) is 5.88 Å². The Morgan fingerprint density at radius 2 is 2.00 bits per heavy atom. The Morgan fingerprint density at radius 3 is 2.74 bits per heavy atom. The maximum Gasteiger partial charge on any atom is 0.319 e. The van der Waals surface area contributed by atoms with Crippen molar-refractivity contribution in [3.8, 4) is 5.88 Å². The first-order valence-corrected chi connectivity index (χ1v) is 7.43. The number of benzene rings is 1. The maximum absolute atomic E-state index is 12.0. The molecule has 0 aliphatic carbocycles. The van der Waals surface area contributed by atoms with Gasteiger partial charge in [0.2, 0.25) is 5.88 Å². The summed E-state index contributed by atoms with van der Waals surface area (Å²) in [7, 11) is 1.59. The number of aromatic nitrogens is 1. The van der Waals surface area contributed by atoms with Gasteiger partial charge in [0.1, 0.15) is 12.3 Å². The van der Waals surface area contributed by atoms with Gasteiger partial charge in [-0.25, -0.2) is 9.78 Å². The molecule has 0 aliphatic rings. The van der Waals surface area contributed by atoms with Crippen molar-refractivity contribution < 1.29 is 14.3 Å². The number of hydrogen-bond donors (Lipinski definition) is 2. The van der Waals surface area contributed by atoms with Gasteiger partial charge in [0, 0.05) is 24.9 Å². The molecular weight excluding hydrogens is 318 g/mol. The van der Waals surface area contributed by atoms with Crippen LogP contribution in [0, 0.1) is 0 Å². The third kappa shape index (κ3) is 5.77. The monoisotopic (exact) mass is 335 g/mol. The molecule has 1 aromatic carbocycles. The fourth-order valence-electron chi connectivity index (χ4n) is 1.77. The van der Waals surface area contributed by atoms with E-state index in [9.17, 15) is 4.79 Å². The van der Waals surface area contributed by atoms with Crippen molar-refractivity contribution in [2.45, 2.75) is 6.54 Å². The van der Waals surface area contributed by atoms with Crippen molar-refractivity contribution in [3.63, 3.8) is 0 Å². The number of amides is 2. The lowest BCUT2D eigenvalue weighted by Gasteiger charge is -2.12. The second-order valence-corrected chi connectivity index (χ2v) is 5.07. The van der Waals surface area contributed by atoms with Crippen LogP contribution in [-0.2, 0) is 11.3 Å². The quantitative estimate of drug-likeness (QED) is 0.763. The summed E-state index contributed by atoms with van der Waals surface area (Å²) in [6, 6.07) is 10.4. The molecule has 1 heterocycles. The van der Waals surface area contributed by atoms with Crippen molar-refractivity contribution in [1.29, 1.82) is 0 Å². The minimum Gasteiger partial charge on any atom is -0.474 e. The number of anilines is 1. The Bertz CT molecular complexity index is 635. The SMILES string of the molecule is COCCOc1ncccc1NC(=O)NCc1ccc(Cl)cc1. The molecule has 23 heavy (non-hydrogen) atoms. The zero-order valence-corrected chi connectivity index (χ0v) is 13.5. The number of urea groups is 1. The summed E-state index contributed by atoms with van der Waals surface area (Å²) < 4.78 is 10.4. The molecule has 6 nitrogen and oxygen atoms in total. The molecule has 1 aromatic heterocycles. The first-order valence-electron chi connectivity index (χ1n) is 7.05. The number of pyridine rings is 1. The molecule has 7 heteroatoms. The summed E-state index contributed by atoms with van der Waals surface area (Å²) in [5.41, 5.74) is 1.45. The van der Waals surface area contributed by atoms with Gasteiger partial charge in [0.25, 0.3) is 0 Å². The van der Waals surface area contributed by atoms with Gasteiger partial charge in [-0.3, -0.25) is 0 Å². The molecule has 2 N–H and O–H groups in total. The van der Waals surface area contributed by atoms with Crippen molar-refractivity contribution in [2.24, 2.45) is 0 Å². The van der Waals surface area contributed by atoms with Gasteiger partial charge >= 0.3 is 6.03 Å². The van der Waals surface area contributed by atoms with Crippen LogP contribution in [0.4, 0.5) is 10.5 Å². The summed E-state index contributed by atoms with van der Waals surface area (Å²) in [4.78, 5) is 16.1. The lowest BCUT2D eigenvalue weighted by atomic mass is 10.2. The Morgan fingerprint density at radius 1 is 1.22 bits per heavy atom. The van der Waals surface area contributed by atoms with E-state index in [0.29, 0.717) is 36.3 Å². The van der Waals surface area contributed by atoms with Gasteiger partial charge in [-0.1, -0.05) is 23.7 Å². The van der Waals surface area contributed by atoms with Crippen LogP contribution < -0.4 is 15.4 Å². The highest BCUT2D eigenvalue weighted by molar-refractivity contribution is 6.30. The first-order chi connectivity index (χ1) is 11.2. The fourth-order valence-corrected chi connectivity index (χ4v) is 1.90. The van der Waals surface area contributed by atoms with Gasteiger partial charge in [0.05, 0.1) is 6.61 Å². The first kappa shape index (κ1) is 17.1. The van der Waals surface area contributed by atoms with E-state index >= 15 is 0 Å². The molecule has 0 bridgehead atoms. The molecule has 2 rings (SSSR count). The fraction of sp³-hybridized carbons (Fsp3) is 0.250. The molecule has 0 unspecified atom stereocenters. The second-order valence-electron chi connectivity index (χ2n) is 4.63. The van der Waals surface area contributed by atoms with Gasteiger partial charge in [0.15, 0.2) is 0 Å². The van der Waals surface area contributed by atoms with E-state index in [1.54, 1.807) is 37.6 Å². The van der Waals surface area contributed by atoms with Gasteiger partial charge in [-0.2, -0.15) is 0 Å². The smallest absolute Gasteiger partial charge is 0.319 e. The van der Waals surface area contributed by atoms with Crippen LogP contribution in [0.25, 0.3) is 0 Å². The molecule has 0 saturated heterocycles. The lowest BCUT2D eigenvalue weighted by Crippen LogP contribution is -2.28. The molecular formula is C16H18ClN3O3. The van der Waals surface area contributed by atoms with Gasteiger partial charge in [-0.15, -0.1) is 0 Å². The topological polar surface area (TPSA) is 72.5 Å². The number of nitrogens with one attached hydrogen (secondary N) is 2. The van der Waals surface area contributed by atoms with Gasteiger partial charge < -0.3 is 20.1 Å². The van der Waals surface area contributed by atoms with Crippen LogP contribution in [0.1, 0.15) is 5.56 Å². The summed E-state index contributed by atoms with van der Waals surface area (Å²) >= 11 is 5.82. The lowest BCUT2D eigenvalue weighted by molar-refractivity contribution is 0.144. The molecule has 0 aliphatic heterocycles. The molecule has 0 fully saturated rings. The van der Waals surface area contributed by atoms with E-state index < -0.39 is 0 Å². The summed E-state index contributed by atoms with van der Waals surface area (Å²) in [5, 5.41) is 6.13. The third-order valence-electron chi connectivity index (χ3n) is 2.91. The van der Waals surface area contributed by atoms with E-state index in [-0.39, 0.29) is 6.03 Å². The van der Waals surface area contributed by atoms with E-state index in [0.717, 1.165) is 5.56 Å². The second kappa shape index (κ2) is 8.97. The standard InChI is InChI=1S/C16H18ClN3O3/c1-22-9-10-23-15-14(3-2-8-18-15)20-16(21)19-11-12-4-6-13(17)7-5-12/h2-8H,9-11H2,1H3,(H2,19,20,21). The predicted molar refractivity (Wildman–Crippen MR) is 88.9 cm³/mol. The highest BCUT2D eigenvalue weighted by atomic mass is 35.5. The Hall–Kier alpha value is -2.31. The summed E-state index contributed by atoms with van der Waals surface area (Å²) in [6.07, 6.45) is 1.60. The molecule has 0 spiro atoms. The van der Waals surface area contributed by atoms with Crippen LogP contribution in [0.2, 0.25) is 5.02 Å². The highest BCUT2D eigenvalue weighted by Gasteiger charge is 2.08. The minimum absolute atomic E-state index is 0.343. The van der Waals surface area contributed by atoms with Crippen molar-refractivity contribution in [3.05, 3.63) is 53.2 Å². The van der Waals surface area contributed by atoms with Crippen LogP contribution in [-0.4, -0.2) is 31.3 Å². The van der Waals surface area contributed by atoms with E-state index in [1.807, 2.05) is 12.1 Å². The zero-order chi connectivity index (χ0) is 16.5. The third-order valence-corrected chi connectivity index (χ3v) is 3.16. The predicted octanol–water partition coefficient (Wildman–Crippen LogP) is 3.08. The number of methoxy groups -OCH3 is 1. The number of halogens is 1. The number of carbonyl (C=O) groups is 1. The number of carbonyl (C=O) groups excluding carboxylic acids is 1. The van der Waals surface area contributed by atoms with Crippen LogP contribution in [0.3, 0.4) is 0 Å². The number of nitrogens with zero attached hydrogens (tertiary/aromatic N) is 1. The summed E-state index contributed by atoms with van der Waals surface area (Å²) in [5.74, 6) is 0.353. The Balaban J connectivity index is 1.88. The molecule has 0 saturated carbocycles. The van der Waals surface area contributed by atoms with Crippen LogP contribution >= 0.6 is 11.6 Å². The van der Waals surface area contributed by atoms with Crippen molar-refractivity contribution in [2.75, 3.05) is 25.6 Å². The average Bonchev–Trinajstić information content (AvgIpc) is 2.56. The van der Waals surface area contributed by atoms with Crippen molar-refractivity contribution in [1.82, 2.24) is 10.3 Å². The van der Waals surface area contributed by atoms with Crippen LogP contribution in [0.15, 0.2) is 42.6 Å². The number of ether oxygens (including phenoxy) is 2. The number of rotatable bonds is 7. The molecule has 122 valence electrons. The van der Waals surface area contributed by atoms with E-state index in [1.165, 1.54) is 0 Å². The number of hydrogen-bond acceptors (Lipinski definition) is 4. The largest absolute Gasteiger partial charge is 0.474 e. The van der Waals surface area contributed by atoms with E-state index in [4.69, 9.17) is 21.1 Å².